The molecule has 0 heterocycles. The summed E-state index contributed by atoms with van der Waals surface area (Å²) in [6.45, 7) is 7.80. The van der Waals surface area contributed by atoms with Crippen LogP contribution in [0.3, 0.4) is 0 Å². The Bertz CT molecular complexity index is 130. The van der Waals surface area contributed by atoms with E-state index in [4.69, 9.17) is 4.74 Å². The summed E-state index contributed by atoms with van der Waals surface area (Å²) in [5.41, 5.74) is 0. The highest BCUT2D eigenvalue weighted by Gasteiger charge is 2.11. The molecule has 0 N–H and O–H groups in total. The third kappa shape index (κ3) is 5.16. The first-order valence-electron chi connectivity index (χ1n) is 4.78. The van der Waals surface area contributed by atoms with Crippen LogP contribution in [0.1, 0.15) is 47.0 Å². The summed E-state index contributed by atoms with van der Waals surface area (Å²) in [6.07, 6.45) is 3.35. The van der Waals surface area contributed by atoms with Gasteiger partial charge in [0.05, 0.1) is 12.0 Å². The minimum Gasteiger partial charge on any atom is -0.462 e. The lowest BCUT2D eigenvalue weighted by molar-refractivity contribution is -0.152. The topological polar surface area (TPSA) is 26.3 Å². The van der Waals surface area contributed by atoms with Crippen LogP contribution in [0.5, 0.6) is 0 Å². The molecule has 0 aliphatic carbocycles. The zero-order chi connectivity index (χ0) is 9.56. The molecule has 2 nitrogen and oxygen atoms in total. The standard InChI is InChI=1S/C10H20O2/c1-5-6-7-9(4)12-10(11)8(2)3/h8-9H,5-7H2,1-4H3. The van der Waals surface area contributed by atoms with Gasteiger partial charge in [-0.15, -0.1) is 0 Å². The van der Waals surface area contributed by atoms with Crippen molar-refractivity contribution in [2.75, 3.05) is 0 Å². The Balaban J connectivity index is 3.54. The first-order chi connectivity index (χ1) is 5.57. The van der Waals surface area contributed by atoms with Crippen molar-refractivity contribution in [1.82, 2.24) is 0 Å². The highest BCUT2D eigenvalue weighted by molar-refractivity contribution is 5.71. The smallest absolute Gasteiger partial charge is 0.308 e. The normalized spacial score (nSPS) is 13.1. The second-order valence-corrected chi connectivity index (χ2v) is 3.54. The Morgan fingerprint density at radius 2 is 1.92 bits per heavy atom. The molecule has 0 bridgehead atoms. The lowest BCUT2D eigenvalue weighted by Gasteiger charge is -2.13. The fraction of sp³-hybridized carbons (Fsp3) is 0.900. The number of unbranched alkanes of at least 4 members (excludes halogenated alkanes) is 1. The van der Waals surface area contributed by atoms with Crippen molar-refractivity contribution in [1.29, 1.82) is 0 Å². The first kappa shape index (κ1) is 11.5. The van der Waals surface area contributed by atoms with Crippen molar-refractivity contribution in [2.45, 2.75) is 53.1 Å². The molecule has 1 atom stereocenters. The Labute approximate surface area is 75.3 Å². The Morgan fingerprint density at radius 1 is 1.33 bits per heavy atom. The number of ether oxygens (including phenoxy) is 1. The number of carbonyl (C=O) groups is 1. The van der Waals surface area contributed by atoms with Crippen molar-refractivity contribution in [3.8, 4) is 0 Å². The van der Waals surface area contributed by atoms with Crippen molar-refractivity contribution >= 4 is 5.97 Å². The van der Waals surface area contributed by atoms with Gasteiger partial charge in [-0.2, -0.15) is 0 Å². The van der Waals surface area contributed by atoms with Crippen LogP contribution >= 0.6 is 0 Å². The quantitative estimate of drug-likeness (QED) is 0.596. The van der Waals surface area contributed by atoms with Crippen LogP contribution in [0.15, 0.2) is 0 Å². The second-order valence-electron chi connectivity index (χ2n) is 3.54. The first-order valence-corrected chi connectivity index (χ1v) is 4.78. The van der Waals surface area contributed by atoms with Crippen molar-refractivity contribution in [2.24, 2.45) is 5.92 Å². The summed E-state index contributed by atoms with van der Waals surface area (Å²) < 4.78 is 5.17. The highest BCUT2D eigenvalue weighted by Crippen LogP contribution is 2.06. The summed E-state index contributed by atoms with van der Waals surface area (Å²) >= 11 is 0. The minimum atomic E-state index is -0.0846. The van der Waals surface area contributed by atoms with E-state index in [0.717, 1.165) is 19.3 Å². The van der Waals surface area contributed by atoms with Gasteiger partial charge >= 0.3 is 5.97 Å². The summed E-state index contributed by atoms with van der Waals surface area (Å²) in [6, 6.07) is 0. The maximum absolute atomic E-state index is 11.1. The molecular weight excluding hydrogens is 152 g/mol. The molecule has 0 amide bonds. The molecule has 0 fully saturated rings. The average molecular weight is 172 g/mol. The fourth-order valence-electron chi connectivity index (χ4n) is 0.885. The van der Waals surface area contributed by atoms with E-state index in [2.05, 4.69) is 6.92 Å². The maximum atomic E-state index is 11.1. The van der Waals surface area contributed by atoms with Gasteiger partial charge in [0.2, 0.25) is 0 Å². The van der Waals surface area contributed by atoms with E-state index in [1.807, 2.05) is 20.8 Å². The van der Waals surface area contributed by atoms with E-state index in [1.54, 1.807) is 0 Å². The fourth-order valence-corrected chi connectivity index (χ4v) is 0.885. The lowest BCUT2D eigenvalue weighted by Crippen LogP contribution is -2.18. The molecular formula is C10H20O2. The molecule has 0 saturated carbocycles. The monoisotopic (exact) mass is 172 g/mol. The number of carbonyl (C=O) groups excluding carboxylic acids is 1. The van der Waals surface area contributed by atoms with Crippen LogP contribution in [-0.4, -0.2) is 12.1 Å². The molecule has 0 aromatic carbocycles. The van der Waals surface area contributed by atoms with E-state index < -0.39 is 0 Å². The number of esters is 1. The SMILES string of the molecule is CCCCC(C)OC(=O)C(C)C. The van der Waals surface area contributed by atoms with Crippen molar-refractivity contribution < 1.29 is 9.53 Å². The van der Waals surface area contributed by atoms with E-state index >= 15 is 0 Å². The summed E-state index contributed by atoms with van der Waals surface area (Å²) in [7, 11) is 0. The third-order valence-electron chi connectivity index (χ3n) is 1.75. The maximum Gasteiger partial charge on any atom is 0.308 e. The van der Waals surface area contributed by atoms with E-state index in [0.29, 0.717) is 0 Å². The van der Waals surface area contributed by atoms with E-state index in [1.165, 1.54) is 0 Å². The molecule has 0 aliphatic rings. The Hall–Kier alpha value is -0.530. The molecule has 72 valence electrons. The molecule has 0 saturated heterocycles. The van der Waals surface area contributed by atoms with Gasteiger partial charge < -0.3 is 4.74 Å². The molecule has 0 radical (unpaired) electrons. The summed E-state index contributed by atoms with van der Waals surface area (Å²) in [5.74, 6) is -0.0901. The van der Waals surface area contributed by atoms with Crippen LogP contribution in [0.2, 0.25) is 0 Å². The van der Waals surface area contributed by atoms with Gasteiger partial charge in [0, 0.05) is 0 Å². The lowest BCUT2D eigenvalue weighted by atomic mass is 10.2. The van der Waals surface area contributed by atoms with Crippen LogP contribution in [-0.2, 0) is 9.53 Å². The summed E-state index contributed by atoms with van der Waals surface area (Å²) in [5, 5.41) is 0. The van der Waals surface area contributed by atoms with E-state index in [-0.39, 0.29) is 18.0 Å². The molecule has 0 aromatic heterocycles. The zero-order valence-corrected chi connectivity index (χ0v) is 8.59. The van der Waals surface area contributed by atoms with Gasteiger partial charge in [-0.05, 0) is 13.3 Å². The molecule has 0 aliphatic heterocycles. The van der Waals surface area contributed by atoms with Crippen molar-refractivity contribution in [3.63, 3.8) is 0 Å². The van der Waals surface area contributed by atoms with Crippen LogP contribution < -0.4 is 0 Å². The second kappa shape index (κ2) is 6.04. The number of hydrogen-bond acceptors (Lipinski definition) is 2. The molecule has 1 unspecified atom stereocenters. The number of rotatable bonds is 5. The Kier molecular flexibility index (Phi) is 5.77. The minimum absolute atomic E-state index is 0.00548. The predicted octanol–water partition coefficient (Wildman–Crippen LogP) is 2.76. The molecule has 0 spiro atoms. The largest absolute Gasteiger partial charge is 0.462 e. The third-order valence-corrected chi connectivity index (χ3v) is 1.75. The van der Waals surface area contributed by atoms with E-state index in [9.17, 15) is 4.79 Å². The molecule has 12 heavy (non-hydrogen) atoms. The van der Waals surface area contributed by atoms with Gasteiger partial charge in [0.1, 0.15) is 0 Å². The molecule has 2 heteroatoms. The number of hydrogen-bond donors (Lipinski definition) is 0. The molecule has 0 rings (SSSR count). The van der Waals surface area contributed by atoms with Gasteiger partial charge in [-0.3, -0.25) is 4.79 Å². The zero-order valence-electron chi connectivity index (χ0n) is 8.59. The van der Waals surface area contributed by atoms with Crippen LogP contribution in [0.25, 0.3) is 0 Å². The molecule has 0 aromatic rings. The highest BCUT2D eigenvalue weighted by atomic mass is 16.5. The average Bonchev–Trinajstić information content (AvgIpc) is 2.00. The summed E-state index contributed by atoms with van der Waals surface area (Å²) in [4.78, 5) is 11.1. The van der Waals surface area contributed by atoms with Crippen LogP contribution in [0.4, 0.5) is 0 Å². The predicted molar refractivity (Wildman–Crippen MR) is 49.9 cm³/mol. The Morgan fingerprint density at radius 3 is 2.33 bits per heavy atom. The van der Waals surface area contributed by atoms with Crippen LogP contribution in [0, 0.1) is 5.92 Å². The van der Waals surface area contributed by atoms with Gasteiger partial charge in [-0.1, -0.05) is 33.6 Å². The van der Waals surface area contributed by atoms with Crippen molar-refractivity contribution in [3.05, 3.63) is 0 Å². The van der Waals surface area contributed by atoms with Gasteiger partial charge in [0.25, 0.3) is 0 Å². The van der Waals surface area contributed by atoms with Gasteiger partial charge in [0.15, 0.2) is 0 Å². The van der Waals surface area contributed by atoms with Gasteiger partial charge in [-0.25, -0.2) is 0 Å².